The minimum absolute atomic E-state index is 0.0918. The Bertz CT molecular complexity index is 549. The predicted octanol–water partition coefficient (Wildman–Crippen LogP) is 4.11. The second kappa shape index (κ2) is 4.06. The summed E-state index contributed by atoms with van der Waals surface area (Å²) in [5.41, 5.74) is 1.23. The summed E-state index contributed by atoms with van der Waals surface area (Å²) in [7, 11) is 0. The lowest BCUT2D eigenvalue weighted by atomic mass is 9.64. The number of ether oxygens (including phenoxy) is 3. The van der Waals surface area contributed by atoms with Gasteiger partial charge in [0.2, 0.25) is 6.79 Å². The van der Waals surface area contributed by atoms with Crippen LogP contribution < -0.4 is 14.2 Å². The molecule has 1 aliphatic carbocycles. The molecule has 1 saturated carbocycles. The molecule has 20 heavy (non-hydrogen) atoms. The summed E-state index contributed by atoms with van der Waals surface area (Å²) in [4.78, 5) is 0. The van der Waals surface area contributed by atoms with E-state index in [1.165, 1.54) is 24.8 Å². The van der Waals surface area contributed by atoms with Crippen LogP contribution >= 0.6 is 0 Å². The first kappa shape index (κ1) is 12.4. The molecular formula is C17H22O3. The molecular weight excluding hydrogens is 252 g/mol. The Kier molecular flexibility index (Phi) is 2.51. The average molecular weight is 274 g/mol. The van der Waals surface area contributed by atoms with Gasteiger partial charge in [-0.1, -0.05) is 13.3 Å². The van der Waals surface area contributed by atoms with Crippen LogP contribution in [-0.4, -0.2) is 12.4 Å². The molecule has 0 amide bonds. The van der Waals surface area contributed by atoms with Crippen molar-refractivity contribution in [2.24, 2.45) is 11.8 Å². The minimum atomic E-state index is -0.0918. The number of fused-ring (bicyclic) bond motifs is 4. The van der Waals surface area contributed by atoms with Gasteiger partial charge in [-0.25, -0.2) is 0 Å². The van der Waals surface area contributed by atoms with Crippen LogP contribution in [0.25, 0.3) is 0 Å². The van der Waals surface area contributed by atoms with Gasteiger partial charge in [0.25, 0.3) is 0 Å². The van der Waals surface area contributed by atoms with E-state index in [0.29, 0.717) is 18.6 Å². The van der Waals surface area contributed by atoms with Crippen molar-refractivity contribution in [1.29, 1.82) is 0 Å². The van der Waals surface area contributed by atoms with Gasteiger partial charge in [0, 0.05) is 17.5 Å². The largest absolute Gasteiger partial charge is 0.487 e. The zero-order valence-corrected chi connectivity index (χ0v) is 12.4. The molecule has 3 heteroatoms. The summed E-state index contributed by atoms with van der Waals surface area (Å²) in [6.07, 6.45) is 3.82. The maximum atomic E-state index is 6.31. The lowest BCUT2D eigenvalue weighted by molar-refractivity contribution is -0.0137. The highest BCUT2D eigenvalue weighted by atomic mass is 16.7. The summed E-state index contributed by atoms with van der Waals surface area (Å²) in [5.74, 6) is 4.68. The summed E-state index contributed by atoms with van der Waals surface area (Å²) in [6, 6.07) is 4.18. The van der Waals surface area contributed by atoms with Gasteiger partial charge < -0.3 is 14.2 Å². The average Bonchev–Trinajstić information content (AvgIpc) is 2.83. The van der Waals surface area contributed by atoms with E-state index >= 15 is 0 Å². The highest BCUT2D eigenvalue weighted by Gasteiger charge is 2.46. The fourth-order valence-corrected chi connectivity index (χ4v) is 4.23. The highest BCUT2D eigenvalue weighted by Crippen LogP contribution is 2.55. The van der Waals surface area contributed by atoms with Crippen LogP contribution in [0.4, 0.5) is 0 Å². The zero-order valence-electron chi connectivity index (χ0n) is 12.4. The van der Waals surface area contributed by atoms with Crippen LogP contribution in [0, 0.1) is 11.8 Å². The van der Waals surface area contributed by atoms with E-state index in [4.69, 9.17) is 14.2 Å². The summed E-state index contributed by atoms with van der Waals surface area (Å²) in [5, 5.41) is 0. The molecule has 1 aromatic rings. The predicted molar refractivity (Wildman–Crippen MR) is 76.5 cm³/mol. The number of hydrogen-bond acceptors (Lipinski definition) is 3. The van der Waals surface area contributed by atoms with Crippen molar-refractivity contribution in [2.75, 3.05) is 6.79 Å². The minimum Gasteiger partial charge on any atom is -0.487 e. The Morgan fingerprint density at radius 2 is 1.80 bits per heavy atom. The fraction of sp³-hybridized carbons (Fsp3) is 0.647. The smallest absolute Gasteiger partial charge is 0.231 e. The molecule has 1 aromatic carbocycles. The van der Waals surface area contributed by atoms with Crippen molar-refractivity contribution in [3.05, 3.63) is 17.7 Å². The van der Waals surface area contributed by atoms with E-state index in [2.05, 4.69) is 26.8 Å². The van der Waals surface area contributed by atoms with Crippen molar-refractivity contribution in [3.63, 3.8) is 0 Å². The third kappa shape index (κ3) is 1.72. The standard InChI is InChI=1S/C17H22O3/c1-10-4-5-13-11(6-10)12-7-15-16(19-9-18-15)8-14(12)20-17(13,2)3/h7-8,10-11,13H,4-6,9H2,1-3H3. The first-order valence-corrected chi connectivity index (χ1v) is 7.67. The lowest BCUT2D eigenvalue weighted by Gasteiger charge is -2.48. The molecule has 2 aliphatic heterocycles. The topological polar surface area (TPSA) is 27.7 Å². The maximum Gasteiger partial charge on any atom is 0.231 e. The quantitative estimate of drug-likeness (QED) is 0.712. The Labute approximate surface area is 120 Å². The van der Waals surface area contributed by atoms with Crippen LogP contribution in [0.1, 0.15) is 51.5 Å². The van der Waals surface area contributed by atoms with Gasteiger partial charge in [-0.3, -0.25) is 0 Å². The molecule has 3 nitrogen and oxygen atoms in total. The number of benzene rings is 1. The molecule has 0 spiro atoms. The van der Waals surface area contributed by atoms with E-state index in [1.807, 2.05) is 6.07 Å². The van der Waals surface area contributed by atoms with Gasteiger partial charge in [0.05, 0.1) is 0 Å². The SMILES string of the molecule is CC1CCC2C(C1)c1cc3c(cc1OC2(C)C)OCO3. The van der Waals surface area contributed by atoms with Gasteiger partial charge in [-0.15, -0.1) is 0 Å². The summed E-state index contributed by atoms with van der Waals surface area (Å²) in [6.45, 7) is 7.15. The Hall–Kier alpha value is -1.38. The lowest BCUT2D eigenvalue weighted by Crippen LogP contribution is -2.46. The molecule has 3 atom stereocenters. The molecule has 3 unspecified atom stereocenters. The Morgan fingerprint density at radius 1 is 1.05 bits per heavy atom. The molecule has 108 valence electrons. The molecule has 3 aliphatic rings. The maximum absolute atomic E-state index is 6.31. The second-order valence-corrected chi connectivity index (χ2v) is 7.08. The fourth-order valence-electron chi connectivity index (χ4n) is 4.23. The first-order chi connectivity index (χ1) is 9.54. The Morgan fingerprint density at radius 3 is 2.60 bits per heavy atom. The van der Waals surface area contributed by atoms with E-state index in [-0.39, 0.29) is 5.60 Å². The van der Waals surface area contributed by atoms with Gasteiger partial charge in [0.1, 0.15) is 11.4 Å². The normalized spacial score (nSPS) is 33.0. The third-order valence-electron chi connectivity index (χ3n) is 5.28. The third-order valence-corrected chi connectivity index (χ3v) is 5.28. The van der Waals surface area contributed by atoms with E-state index in [1.54, 1.807) is 0 Å². The monoisotopic (exact) mass is 274 g/mol. The molecule has 4 rings (SSSR count). The Balaban J connectivity index is 1.82. The first-order valence-electron chi connectivity index (χ1n) is 7.67. The van der Waals surface area contributed by atoms with Crippen molar-refractivity contribution >= 4 is 0 Å². The van der Waals surface area contributed by atoms with Crippen LogP contribution in [0.15, 0.2) is 12.1 Å². The van der Waals surface area contributed by atoms with Crippen molar-refractivity contribution in [3.8, 4) is 17.2 Å². The highest BCUT2D eigenvalue weighted by molar-refractivity contribution is 5.54. The summed E-state index contributed by atoms with van der Waals surface area (Å²) < 4.78 is 17.3. The molecule has 1 fully saturated rings. The van der Waals surface area contributed by atoms with Gasteiger partial charge in [-0.05, 0) is 44.6 Å². The number of hydrogen-bond donors (Lipinski definition) is 0. The molecule has 0 radical (unpaired) electrons. The molecule has 0 bridgehead atoms. The van der Waals surface area contributed by atoms with Crippen molar-refractivity contribution in [2.45, 2.75) is 51.6 Å². The van der Waals surface area contributed by atoms with E-state index in [9.17, 15) is 0 Å². The van der Waals surface area contributed by atoms with Gasteiger partial charge in [-0.2, -0.15) is 0 Å². The van der Waals surface area contributed by atoms with Crippen LogP contribution in [0.5, 0.6) is 17.2 Å². The number of rotatable bonds is 0. The molecule has 0 N–H and O–H groups in total. The molecule has 2 heterocycles. The summed E-state index contributed by atoms with van der Waals surface area (Å²) >= 11 is 0. The van der Waals surface area contributed by atoms with Gasteiger partial charge >= 0.3 is 0 Å². The van der Waals surface area contributed by atoms with E-state index < -0.39 is 0 Å². The van der Waals surface area contributed by atoms with Crippen molar-refractivity contribution in [1.82, 2.24) is 0 Å². The molecule has 0 aromatic heterocycles. The van der Waals surface area contributed by atoms with E-state index in [0.717, 1.165) is 23.2 Å². The van der Waals surface area contributed by atoms with Crippen LogP contribution in [-0.2, 0) is 0 Å². The second-order valence-electron chi connectivity index (χ2n) is 7.08. The van der Waals surface area contributed by atoms with Gasteiger partial charge in [0.15, 0.2) is 11.5 Å². The van der Waals surface area contributed by atoms with Crippen LogP contribution in [0.2, 0.25) is 0 Å². The zero-order chi connectivity index (χ0) is 13.9. The molecule has 0 saturated heterocycles. The van der Waals surface area contributed by atoms with Crippen LogP contribution in [0.3, 0.4) is 0 Å². The van der Waals surface area contributed by atoms with Crippen molar-refractivity contribution < 1.29 is 14.2 Å².